The van der Waals surface area contributed by atoms with Gasteiger partial charge in [-0.3, -0.25) is 4.79 Å². The highest BCUT2D eigenvalue weighted by atomic mass is 16.1. The van der Waals surface area contributed by atoms with Crippen LogP contribution in [0.25, 0.3) is 11.1 Å². The van der Waals surface area contributed by atoms with Gasteiger partial charge in [0.1, 0.15) is 0 Å². The minimum Gasteiger partial charge on any atom is -0.347 e. The number of amides is 1. The van der Waals surface area contributed by atoms with Crippen LogP contribution in [-0.2, 0) is 0 Å². The highest BCUT2D eigenvalue weighted by molar-refractivity contribution is 5.95. The summed E-state index contributed by atoms with van der Waals surface area (Å²) < 4.78 is 0. The minimum atomic E-state index is 0.0543. The molecule has 25 heavy (non-hydrogen) atoms. The van der Waals surface area contributed by atoms with E-state index in [1.54, 1.807) is 0 Å². The summed E-state index contributed by atoms with van der Waals surface area (Å²) in [7, 11) is 0. The second-order valence-electron chi connectivity index (χ2n) is 8.00. The number of benzene rings is 2. The van der Waals surface area contributed by atoms with Gasteiger partial charge in [0.05, 0.1) is 0 Å². The Bertz CT molecular complexity index is 736. The summed E-state index contributed by atoms with van der Waals surface area (Å²) in [5.74, 6) is 1.69. The standard InChI is InChI=1S/C23H27NO/c1-2-17-14-18-12-13-23(15-17,16-18)24-22(25)21-10-8-20(9-11-21)19-6-4-3-5-7-19/h3-11,17-18H,2,12-16H2,1H3,(H,24,25). The van der Waals surface area contributed by atoms with Crippen molar-refractivity contribution in [2.24, 2.45) is 11.8 Å². The molecule has 2 saturated carbocycles. The third kappa shape index (κ3) is 3.35. The number of carbonyl (C=O) groups is 1. The summed E-state index contributed by atoms with van der Waals surface area (Å²) in [5, 5.41) is 3.42. The molecule has 4 rings (SSSR count). The van der Waals surface area contributed by atoms with Crippen molar-refractivity contribution in [3.63, 3.8) is 0 Å². The van der Waals surface area contributed by atoms with E-state index in [2.05, 4.69) is 36.5 Å². The van der Waals surface area contributed by atoms with Gasteiger partial charge >= 0.3 is 0 Å². The average molecular weight is 333 g/mol. The van der Waals surface area contributed by atoms with Crippen molar-refractivity contribution in [2.75, 3.05) is 0 Å². The SMILES string of the molecule is CCC1CC2CCC(NC(=O)c3ccc(-c4ccccc4)cc3)(C1)C2. The largest absolute Gasteiger partial charge is 0.347 e. The number of hydrogen-bond donors (Lipinski definition) is 1. The van der Waals surface area contributed by atoms with Crippen molar-refractivity contribution < 1.29 is 4.79 Å². The van der Waals surface area contributed by atoms with Crippen LogP contribution >= 0.6 is 0 Å². The third-order valence-corrected chi connectivity index (χ3v) is 6.27. The lowest BCUT2D eigenvalue weighted by Crippen LogP contribution is -2.49. The van der Waals surface area contributed by atoms with E-state index >= 15 is 0 Å². The van der Waals surface area contributed by atoms with Crippen LogP contribution in [0.5, 0.6) is 0 Å². The first-order valence-corrected chi connectivity index (χ1v) is 9.65. The fourth-order valence-corrected chi connectivity index (χ4v) is 4.96. The Morgan fingerprint density at radius 2 is 1.76 bits per heavy atom. The topological polar surface area (TPSA) is 29.1 Å². The van der Waals surface area contributed by atoms with Gasteiger partial charge in [-0.05, 0) is 67.2 Å². The highest BCUT2D eigenvalue weighted by Gasteiger charge is 2.45. The summed E-state index contributed by atoms with van der Waals surface area (Å²) >= 11 is 0. The maximum Gasteiger partial charge on any atom is 0.251 e. The zero-order valence-corrected chi connectivity index (χ0v) is 15.0. The first-order chi connectivity index (χ1) is 12.2. The monoisotopic (exact) mass is 333 g/mol. The van der Waals surface area contributed by atoms with Crippen LogP contribution in [-0.4, -0.2) is 11.4 Å². The summed E-state index contributed by atoms with van der Waals surface area (Å²) in [6.45, 7) is 2.28. The van der Waals surface area contributed by atoms with Crippen molar-refractivity contribution in [3.8, 4) is 11.1 Å². The number of hydrogen-bond acceptors (Lipinski definition) is 1. The van der Waals surface area contributed by atoms with Crippen LogP contribution in [0, 0.1) is 11.8 Å². The van der Waals surface area contributed by atoms with Gasteiger partial charge in [-0.1, -0.05) is 55.8 Å². The Hall–Kier alpha value is -2.09. The van der Waals surface area contributed by atoms with Gasteiger partial charge < -0.3 is 5.32 Å². The molecule has 2 nitrogen and oxygen atoms in total. The molecule has 3 unspecified atom stereocenters. The molecule has 0 saturated heterocycles. The molecule has 0 aromatic heterocycles. The van der Waals surface area contributed by atoms with Gasteiger partial charge in [-0.25, -0.2) is 0 Å². The Morgan fingerprint density at radius 3 is 2.48 bits per heavy atom. The summed E-state index contributed by atoms with van der Waals surface area (Å²) in [4.78, 5) is 12.8. The number of fused-ring (bicyclic) bond motifs is 2. The molecule has 2 aromatic carbocycles. The summed E-state index contributed by atoms with van der Waals surface area (Å²) in [5.41, 5.74) is 3.17. The Labute approximate surface area is 150 Å². The van der Waals surface area contributed by atoms with E-state index in [1.165, 1.54) is 31.2 Å². The normalized spacial score (nSPS) is 27.9. The molecular formula is C23H27NO. The zero-order valence-electron chi connectivity index (χ0n) is 15.0. The second-order valence-corrected chi connectivity index (χ2v) is 8.00. The third-order valence-electron chi connectivity index (χ3n) is 6.27. The number of carbonyl (C=O) groups excluding carboxylic acids is 1. The van der Waals surface area contributed by atoms with E-state index in [0.717, 1.165) is 35.8 Å². The molecule has 2 fully saturated rings. The first kappa shape index (κ1) is 16.4. The summed E-state index contributed by atoms with van der Waals surface area (Å²) in [6, 6.07) is 18.3. The Morgan fingerprint density at radius 1 is 1.04 bits per heavy atom. The van der Waals surface area contributed by atoms with Crippen molar-refractivity contribution in [3.05, 3.63) is 60.2 Å². The lowest BCUT2D eigenvalue weighted by molar-refractivity contribution is 0.0854. The van der Waals surface area contributed by atoms with Gasteiger partial charge in [0.2, 0.25) is 0 Å². The van der Waals surface area contributed by atoms with Crippen molar-refractivity contribution in [2.45, 2.75) is 51.0 Å². The van der Waals surface area contributed by atoms with Gasteiger partial charge in [-0.15, -0.1) is 0 Å². The number of rotatable bonds is 4. The lowest BCUT2D eigenvalue weighted by atomic mass is 9.75. The van der Waals surface area contributed by atoms with Gasteiger partial charge in [0, 0.05) is 11.1 Å². The van der Waals surface area contributed by atoms with Crippen LogP contribution in [0.3, 0.4) is 0 Å². The van der Waals surface area contributed by atoms with E-state index in [9.17, 15) is 4.79 Å². The smallest absolute Gasteiger partial charge is 0.251 e. The van der Waals surface area contributed by atoms with E-state index in [1.807, 2.05) is 30.3 Å². The molecule has 1 amide bonds. The average Bonchev–Trinajstić information content (AvgIpc) is 2.96. The lowest BCUT2D eigenvalue weighted by Gasteiger charge is -2.38. The summed E-state index contributed by atoms with van der Waals surface area (Å²) in [6.07, 6.45) is 7.37. The van der Waals surface area contributed by atoms with E-state index in [-0.39, 0.29) is 11.4 Å². The highest BCUT2D eigenvalue weighted by Crippen LogP contribution is 2.48. The van der Waals surface area contributed by atoms with Crippen molar-refractivity contribution in [1.82, 2.24) is 5.32 Å². The maximum absolute atomic E-state index is 12.8. The molecule has 0 aliphatic heterocycles. The van der Waals surface area contributed by atoms with Gasteiger partial charge in [0.25, 0.3) is 5.91 Å². The van der Waals surface area contributed by atoms with Crippen molar-refractivity contribution >= 4 is 5.91 Å². The molecule has 0 spiro atoms. The fourth-order valence-electron chi connectivity index (χ4n) is 4.96. The van der Waals surface area contributed by atoms with Crippen LogP contribution < -0.4 is 5.32 Å². The first-order valence-electron chi connectivity index (χ1n) is 9.65. The molecule has 130 valence electrons. The maximum atomic E-state index is 12.8. The molecule has 2 aliphatic rings. The molecule has 3 atom stereocenters. The quantitative estimate of drug-likeness (QED) is 0.793. The van der Waals surface area contributed by atoms with Crippen molar-refractivity contribution in [1.29, 1.82) is 0 Å². The molecule has 0 radical (unpaired) electrons. The molecule has 0 heterocycles. The van der Waals surface area contributed by atoms with Gasteiger partial charge in [-0.2, -0.15) is 0 Å². The van der Waals surface area contributed by atoms with Crippen LogP contribution in [0.4, 0.5) is 0 Å². The minimum absolute atomic E-state index is 0.0543. The molecule has 2 aliphatic carbocycles. The number of nitrogens with one attached hydrogen (secondary N) is 1. The van der Waals surface area contributed by atoms with Crippen LogP contribution in [0.15, 0.2) is 54.6 Å². The zero-order chi connectivity index (χ0) is 17.3. The van der Waals surface area contributed by atoms with E-state index in [0.29, 0.717) is 0 Å². The fraction of sp³-hybridized carbons (Fsp3) is 0.435. The molecular weight excluding hydrogens is 306 g/mol. The predicted octanol–water partition coefficient (Wildman–Crippen LogP) is 5.44. The van der Waals surface area contributed by atoms with Gasteiger partial charge in [0.15, 0.2) is 0 Å². The second kappa shape index (κ2) is 6.67. The van der Waals surface area contributed by atoms with Crippen LogP contribution in [0.1, 0.15) is 55.8 Å². The van der Waals surface area contributed by atoms with Crippen LogP contribution in [0.2, 0.25) is 0 Å². The van der Waals surface area contributed by atoms with E-state index in [4.69, 9.17) is 0 Å². The molecule has 1 N–H and O–H groups in total. The Balaban J connectivity index is 1.48. The Kier molecular flexibility index (Phi) is 4.37. The molecule has 2 aromatic rings. The van der Waals surface area contributed by atoms with E-state index < -0.39 is 0 Å². The molecule has 2 heteroatoms. The molecule has 2 bridgehead atoms. The predicted molar refractivity (Wildman–Crippen MR) is 102 cm³/mol.